The van der Waals surface area contributed by atoms with E-state index in [0.29, 0.717) is 9.99 Å². The van der Waals surface area contributed by atoms with Gasteiger partial charge in [0.2, 0.25) is 5.91 Å². The Labute approximate surface area is 150 Å². The van der Waals surface area contributed by atoms with Gasteiger partial charge in [0.25, 0.3) is 0 Å². The van der Waals surface area contributed by atoms with Gasteiger partial charge in [-0.15, -0.1) is 0 Å². The van der Waals surface area contributed by atoms with Gasteiger partial charge in [0.05, 0.1) is 16.3 Å². The van der Waals surface area contributed by atoms with Gasteiger partial charge in [-0.1, -0.05) is 22.0 Å². The highest BCUT2D eigenvalue weighted by molar-refractivity contribution is 9.10. The smallest absolute Gasteiger partial charge is 0.225 e. The number of halogens is 2. The van der Waals surface area contributed by atoms with Gasteiger partial charge < -0.3 is 5.32 Å². The Balaban J connectivity index is 1.72. The molecular formula is C15H11BrFN3O4S. The molecule has 3 aromatic rings. The van der Waals surface area contributed by atoms with E-state index in [9.17, 15) is 17.6 Å². The zero-order valence-electron chi connectivity index (χ0n) is 12.6. The summed E-state index contributed by atoms with van der Waals surface area (Å²) in [5.41, 5.74) is 0.401. The van der Waals surface area contributed by atoms with Crippen LogP contribution in [0.4, 0.5) is 10.1 Å². The van der Waals surface area contributed by atoms with E-state index in [1.165, 1.54) is 24.3 Å². The molecule has 0 bridgehead atoms. The van der Waals surface area contributed by atoms with Crippen LogP contribution in [-0.2, 0) is 14.6 Å². The fraction of sp³-hybridized carbons (Fsp3) is 0.133. The van der Waals surface area contributed by atoms with E-state index in [-0.39, 0.29) is 22.5 Å². The number of nitrogens with zero attached hydrogens (tertiary/aromatic N) is 2. The monoisotopic (exact) mass is 427 g/mol. The Morgan fingerprint density at radius 3 is 2.80 bits per heavy atom. The number of nitrogens with one attached hydrogen (secondary N) is 1. The fourth-order valence-electron chi connectivity index (χ4n) is 2.17. The molecule has 25 heavy (non-hydrogen) atoms. The average Bonchev–Trinajstić information content (AvgIpc) is 3.04. The molecule has 1 N–H and O–H groups in total. The molecule has 0 saturated carbocycles. The van der Waals surface area contributed by atoms with Crippen LogP contribution in [0.2, 0.25) is 0 Å². The Hall–Kier alpha value is -2.33. The van der Waals surface area contributed by atoms with Crippen LogP contribution in [0.25, 0.3) is 11.0 Å². The van der Waals surface area contributed by atoms with Gasteiger partial charge in [-0.2, -0.15) is 0 Å². The summed E-state index contributed by atoms with van der Waals surface area (Å²) in [6.07, 6.45) is -0.334. The molecule has 0 aliphatic carbocycles. The largest absolute Gasteiger partial charge is 0.324 e. The lowest BCUT2D eigenvalue weighted by Crippen LogP contribution is -2.18. The summed E-state index contributed by atoms with van der Waals surface area (Å²) in [5, 5.41) is 9.51. The highest BCUT2D eigenvalue weighted by Gasteiger charge is 2.22. The van der Waals surface area contributed by atoms with Gasteiger partial charge >= 0.3 is 0 Å². The molecule has 0 aliphatic heterocycles. The molecule has 10 heteroatoms. The number of hydrogen-bond donors (Lipinski definition) is 1. The quantitative estimate of drug-likeness (QED) is 0.671. The summed E-state index contributed by atoms with van der Waals surface area (Å²) in [6, 6.07) is 8.59. The number of rotatable bonds is 5. The molecule has 1 aromatic heterocycles. The van der Waals surface area contributed by atoms with Crippen LogP contribution in [0.3, 0.4) is 0 Å². The zero-order chi connectivity index (χ0) is 18.0. The van der Waals surface area contributed by atoms with Gasteiger partial charge in [0.1, 0.15) is 11.3 Å². The van der Waals surface area contributed by atoms with Gasteiger partial charge in [-0.3, -0.25) is 4.79 Å². The third kappa shape index (κ3) is 3.85. The number of aromatic nitrogens is 2. The third-order valence-corrected chi connectivity index (χ3v) is 5.62. The van der Waals surface area contributed by atoms with Crippen LogP contribution in [0.1, 0.15) is 6.42 Å². The van der Waals surface area contributed by atoms with Crippen molar-refractivity contribution in [3.05, 3.63) is 46.7 Å². The van der Waals surface area contributed by atoms with Crippen LogP contribution in [-0.4, -0.2) is 30.4 Å². The second-order valence-electron chi connectivity index (χ2n) is 5.13. The summed E-state index contributed by atoms with van der Waals surface area (Å²) in [7, 11) is -3.79. The maximum atomic E-state index is 13.7. The SMILES string of the molecule is O=C(CCS(=O)(=O)c1cccc2nonc12)Nc1ccc(Br)cc1F. The summed E-state index contributed by atoms with van der Waals surface area (Å²) in [4.78, 5) is 11.9. The summed E-state index contributed by atoms with van der Waals surface area (Å²) in [5.74, 6) is -1.69. The minimum Gasteiger partial charge on any atom is -0.324 e. The number of sulfone groups is 1. The first-order valence-electron chi connectivity index (χ1n) is 7.06. The molecular weight excluding hydrogens is 417 g/mol. The van der Waals surface area contributed by atoms with Crippen molar-refractivity contribution in [2.75, 3.05) is 11.1 Å². The Morgan fingerprint density at radius 2 is 2.04 bits per heavy atom. The van der Waals surface area contributed by atoms with Gasteiger partial charge in [-0.25, -0.2) is 17.4 Å². The van der Waals surface area contributed by atoms with Crippen molar-refractivity contribution >= 4 is 48.4 Å². The molecule has 0 fully saturated rings. The molecule has 3 rings (SSSR count). The second-order valence-corrected chi connectivity index (χ2v) is 8.12. The highest BCUT2D eigenvalue weighted by Crippen LogP contribution is 2.22. The Morgan fingerprint density at radius 1 is 1.24 bits per heavy atom. The maximum absolute atomic E-state index is 13.7. The number of carbonyl (C=O) groups is 1. The molecule has 1 amide bonds. The van der Waals surface area contributed by atoms with E-state index >= 15 is 0 Å². The number of amides is 1. The van der Waals surface area contributed by atoms with Crippen LogP contribution in [0, 0.1) is 5.82 Å². The van der Waals surface area contributed by atoms with E-state index in [1.54, 1.807) is 12.1 Å². The predicted molar refractivity (Wildman–Crippen MR) is 91.2 cm³/mol. The summed E-state index contributed by atoms with van der Waals surface area (Å²) in [6.45, 7) is 0. The molecule has 0 aliphatic rings. The van der Waals surface area contributed by atoms with Crippen molar-refractivity contribution in [1.82, 2.24) is 10.3 Å². The number of carbonyl (C=O) groups excluding carboxylic acids is 1. The molecule has 130 valence electrons. The van der Waals surface area contributed by atoms with Crippen molar-refractivity contribution in [1.29, 1.82) is 0 Å². The van der Waals surface area contributed by atoms with Gasteiger partial charge in [-0.05, 0) is 40.6 Å². The van der Waals surface area contributed by atoms with E-state index in [4.69, 9.17) is 0 Å². The minimum absolute atomic E-state index is 0.0200. The number of hydrogen-bond acceptors (Lipinski definition) is 6. The first-order valence-corrected chi connectivity index (χ1v) is 9.50. The normalized spacial score (nSPS) is 11.6. The third-order valence-electron chi connectivity index (χ3n) is 3.39. The molecule has 7 nitrogen and oxygen atoms in total. The highest BCUT2D eigenvalue weighted by atomic mass is 79.9. The Kier molecular flexibility index (Phi) is 4.82. The molecule has 1 heterocycles. The van der Waals surface area contributed by atoms with Crippen molar-refractivity contribution < 1.29 is 22.2 Å². The molecule has 0 saturated heterocycles. The van der Waals surface area contributed by atoms with Crippen molar-refractivity contribution in [3.63, 3.8) is 0 Å². The van der Waals surface area contributed by atoms with Crippen LogP contribution >= 0.6 is 15.9 Å². The fourth-order valence-corrected chi connectivity index (χ4v) is 3.90. The lowest BCUT2D eigenvalue weighted by atomic mass is 10.3. The lowest BCUT2D eigenvalue weighted by Gasteiger charge is -2.07. The Bertz CT molecular complexity index is 1050. The van der Waals surface area contributed by atoms with Crippen LogP contribution in [0.5, 0.6) is 0 Å². The molecule has 0 radical (unpaired) electrons. The van der Waals surface area contributed by atoms with Crippen LogP contribution in [0.15, 0.2) is 50.4 Å². The topological polar surface area (TPSA) is 102 Å². The predicted octanol–water partition coefficient (Wildman–Crippen LogP) is 2.93. The standard InChI is InChI=1S/C15H11BrFN3O4S/c16-9-4-5-11(10(17)8-9)18-14(21)6-7-25(22,23)13-3-1-2-12-15(13)20-24-19-12/h1-5,8H,6-7H2,(H,18,21). The molecule has 0 spiro atoms. The molecule has 0 unspecified atom stereocenters. The van der Waals surface area contributed by atoms with Crippen molar-refractivity contribution in [3.8, 4) is 0 Å². The number of anilines is 1. The number of benzene rings is 2. The average molecular weight is 428 g/mol. The minimum atomic E-state index is -3.79. The van der Waals surface area contributed by atoms with Gasteiger partial charge in [0, 0.05) is 10.9 Å². The molecule has 2 aromatic carbocycles. The first kappa shape index (κ1) is 17.5. The second kappa shape index (κ2) is 6.89. The van der Waals surface area contributed by atoms with E-state index in [0.717, 1.165) is 0 Å². The summed E-state index contributed by atoms with van der Waals surface area (Å²) < 4.78 is 43.7. The van der Waals surface area contributed by atoms with E-state index < -0.39 is 27.3 Å². The van der Waals surface area contributed by atoms with Gasteiger partial charge in [0.15, 0.2) is 15.4 Å². The zero-order valence-corrected chi connectivity index (χ0v) is 15.0. The number of fused-ring (bicyclic) bond motifs is 1. The van der Waals surface area contributed by atoms with E-state index in [1.807, 2.05) is 0 Å². The summed E-state index contributed by atoms with van der Waals surface area (Å²) >= 11 is 3.11. The maximum Gasteiger partial charge on any atom is 0.225 e. The molecule has 0 atom stereocenters. The van der Waals surface area contributed by atoms with Crippen molar-refractivity contribution in [2.24, 2.45) is 0 Å². The van der Waals surface area contributed by atoms with E-state index in [2.05, 4.69) is 36.2 Å². The first-order chi connectivity index (χ1) is 11.9. The van der Waals surface area contributed by atoms with Crippen LogP contribution < -0.4 is 5.32 Å². The lowest BCUT2D eigenvalue weighted by molar-refractivity contribution is -0.115. The van der Waals surface area contributed by atoms with Crippen molar-refractivity contribution in [2.45, 2.75) is 11.3 Å².